The number of nitrogens with zero attached hydrogens (tertiary/aromatic N) is 1. The van der Waals surface area contributed by atoms with Crippen LogP contribution in [0.5, 0.6) is 0 Å². The number of aromatic nitrogens is 2. The standard InChI is InChI=1S/C15H28ClN3O/c1-4-5-7-14-18-13(15(16)19-14)10-17-8-6-9-20-11-12(2)3/h12,17H,4-11H2,1-3H3,(H,18,19). The van der Waals surface area contributed by atoms with E-state index in [-0.39, 0.29) is 0 Å². The normalized spacial score (nSPS) is 11.4. The average molecular weight is 302 g/mol. The van der Waals surface area contributed by atoms with E-state index < -0.39 is 0 Å². The topological polar surface area (TPSA) is 49.9 Å². The summed E-state index contributed by atoms with van der Waals surface area (Å²) >= 11 is 6.11. The van der Waals surface area contributed by atoms with E-state index in [1.165, 1.54) is 6.42 Å². The summed E-state index contributed by atoms with van der Waals surface area (Å²) in [7, 11) is 0. The van der Waals surface area contributed by atoms with E-state index >= 15 is 0 Å². The summed E-state index contributed by atoms with van der Waals surface area (Å²) in [6, 6.07) is 0. The molecule has 0 aromatic carbocycles. The first kappa shape index (κ1) is 17.5. The van der Waals surface area contributed by atoms with E-state index in [1.807, 2.05) is 0 Å². The third-order valence-electron chi connectivity index (χ3n) is 2.94. The van der Waals surface area contributed by atoms with Gasteiger partial charge in [-0.25, -0.2) is 4.98 Å². The Morgan fingerprint density at radius 2 is 2.15 bits per heavy atom. The Kier molecular flexibility index (Phi) is 8.90. The lowest BCUT2D eigenvalue weighted by molar-refractivity contribution is 0.108. The maximum atomic E-state index is 6.11. The largest absolute Gasteiger partial charge is 0.381 e. The van der Waals surface area contributed by atoms with Crippen LogP contribution in [-0.4, -0.2) is 29.7 Å². The Bertz CT molecular complexity index is 366. The number of unbranched alkanes of at least 4 members (excludes halogenated alkanes) is 1. The number of H-pyrrole nitrogens is 1. The highest BCUT2D eigenvalue weighted by atomic mass is 35.5. The third-order valence-corrected chi connectivity index (χ3v) is 3.25. The maximum absolute atomic E-state index is 6.11. The predicted octanol–water partition coefficient (Wildman–Crippen LogP) is 3.56. The number of hydrogen-bond acceptors (Lipinski definition) is 3. The number of nitrogens with one attached hydrogen (secondary N) is 2. The maximum Gasteiger partial charge on any atom is 0.151 e. The number of rotatable bonds is 11. The van der Waals surface area contributed by atoms with Crippen LogP contribution in [-0.2, 0) is 17.7 Å². The van der Waals surface area contributed by atoms with E-state index in [2.05, 4.69) is 36.1 Å². The van der Waals surface area contributed by atoms with E-state index in [0.29, 0.717) is 11.1 Å². The van der Waals surface area contributed by atoms with Gasteiger partial charge in [-0.05, 0) is 25.3 Å². The molecule has 116 valence electrons. The van der Waals surface area contributed by atoms with Crippen molar-refractivity contribution in [2.24, 2.45) is 5.92 Å². The number of hydrogen-bond donors (Lipinski definition) is 2. The smallest absolute Gasteiger partial charge is 0.151 e. The second kappa shape index (κ2) is 10.2. The molecule has 0 saturated heterocycles. The van der Waals surface area contributed by atoms with Gasteiger partial charge in [0.25, 0.3) is 0 Å². The highest BCUT2D eigenvalue weighted by Gasteiger charge is 2.07. The summed E-state index contributed by atoms with van der Waals surface area (Å²) in [5.41, 5.74) is 0.987. The van der Waals surface area contributed by atoms with Crippen LogP contribution in [0.15, 0.2) is 0 Å². The molecule has 0 aliphatic carbocycles. The molecular formula is C15H28ClN3O. The quantitative estimate of drug-likeness (QED) is 0.614. The highest BCUT2D eigenvalue weighted by molar-refractivity contribution is 6.30. The number of aryl methyl sites for hydroxylation is 1. The van der Waals surface area contributed by atoms with Crippen LogP contribution < -0.4 is 5.32 Å². The van der Waals surface area contributed by atoms with Gasteiger partial charge in [0.2, 0.25) is 0 Å². The zero-order valence-corrected chi connectivity index (χ0v) is 13.7. The molecule has 0 saturated carbocycles. The first-order chi connectivity index (χ1) is 9.63. The molecule has 0 spiro atoms. The second-order valence-electron chi connectivity index (χ2n) is 5.56. The lowest BCUT2D eigenvalue weighted by atomic mass is 10.2. The first-order valence-electron chi connectivity index (χ1n) is 7.65. The minimum absolute atomic E-state index is 0.597. The fourth-order valence-electron chi connectivity index (χ4n) is 1.85. The average Bonchev–Trinajstić information content (AvgIpc) is 2.75. The van der Waals surface area contributed by atoms with Gasteiger partial charge in [0.05, 0.1) is 5.69 Å². The molecule has 1 aromatic heterocycles. The summed E-state index contributed by atoms with van der Waals surface area (Å²) < 4.78 is 5.53. The molecule has 1 heterocycles. The summed E-state index contributed by atoms with van der Waals surface area (Å²) in [6.07, 6.45) is 4.30. The summed E-state index contributed by atoms with van der Waals surface area (Å²) in [4.78, 5) is 7.64. The Balaban J connectivity index is 2.13. The summed E-state index contributed by atoms with van der Waals surface area (Å²) in [6.45, 7) is 9.81. The molecule has 0 atom stereocenters. The van der Waals surface area contributed by atoms with Gasteiger partial charge in [-0.2, -0.15) is 0 Å². The lowest BCUT2D eigenvalue weighted by Gasteiger charge is -2.07. The molecular weight excluding hydrogens is 274 g/mol. The van der Waals surface area contributed by atoms with Crippen molar-refractivity contribution < 1.29 is 4.74 Å². The van der Waals surface area contributed by atoms with E-state index in [1.54, 1.807) is 0 Å². The molecule has 5 heteroatoms. The summed E-state index contributed by atoms with van der Waals surface area (Å²) in [5, 5.41) is 3.96. The Labute approximate surface area is 127 Å². The zero-order chi connectivity index (χ0) is 14.8. The number of ether oxygens (including phenoxy) is 1. The first-order valence-corrected chi connectivity index (χ1v) is 8.03. The van der Waals surface area contributed by atoms with Crippen LogP contribution >= 0.6 is 11.6 Å². The van der Waals surface area contributed by atoms with Crippen LogP contribution in [0, 0.1) is 5.92 Å². The predicted molar refractivity (Wildman–Crippen MR) is 84.2 cm³/mol. The molecule has 0 aliphatic heterocycles. The van der Waals surface area contributed by atoms with Crippen LogP contribution in [0.2, 0.25) is 5.15 Å². The van der Waals surface area contributed by atoms with Crippen LogP contribution in [0.25, 0.3) is 0 Å². The molecule has 0 radical (unpaired) electrons. The van der Waals surface area contributed by atoms with Crippen molar-refractivity contribution in [2.45, 2.75) is 53.0 Å². The van der Waals surface area contributed by atoms with Gasteiger partial charge in [-0.3, -0.25) is 0 Å². The zero-order valence-electron chi connectivity index (χ0n) is 13.0. The molecule has 0 amide bonds. The van der Waals surface area contributed by atoms with Crippen molar-refractivity contribution in [3.05, 3.63) is 16.7 Å². The third kappa shape index (κ3) is 7.27. The highest BCUT2D eigenvalue weighted by Crippen LogP contribution is 2.13. The van der Waals surface area contributed by atoms with Gasteiger partial charge in [-0.1, -0.05) is 38.8 Å². The van der Waals surface area contributed by atoms with Gasteiger partial charge in [0.1, 0.15) is 5.82 Å². The van der Waals surface area contributed by atoms with E-state index in [9.17, 15) is 0 Å². The monoisotopic (exact) mass is 301 g/mol. The molecule has 2 N–H and O–H groups in total. The van der Waals surface area contributed by atoms with Crippen molar-refractivity contribution >= 4 is 11.6 Å². The van der Waals surface area contributed by atoms with Crippen molar-refractivity contribution in [3.8, 4) is 0 Å². The Hall–Kier alpha value is -0.580. The van der Waals surface area contributed by atoms with Gasteiger partial charge in [0, 0.05) is 26.2 Å². The molecule has 1 aromatic rings. The SMILES string of the molecule is CCCCc1nc(Cl)c(CNCCCOCC(C)C)[nH]1. The minimum atomic E-state index is 0.597. The van der Waals surface area contributed by atoms with E-state index in [4.69, 9.17) is 16.3 Å². The molecule has 0 fully saturated rings. The van der Waals surface area contributed by atoms with Gasteiger partial charge >= 0.3 is 0 Å². The molecule has 1 rings (SSSR count). The van der Waals surface area contributed by atoms with Crippen molar-refractivity contribution in [1.29, 1.82) is 0 Å². The van der Waals surface area contributed by atoms with Crippen molar-refractivity contribution in [3.63, 3.8) is 0 Å². The van der Waals surface area contributed by atoms with Gasteiger partial charge < -0.3 is 15.0 Å². The number of imidazole rings is 1. The fourth-order valence-corrected chi connectivity index (χ4v) is 2.07. The number of halogens is 1. The molecule has 0 bridgehead atoms. The van der Waals surface area contributed by atoms with Crippen LogP contribution in [0.1, 0.15) is 51.6 Å². The Morgan fingerprint density at radius 1 is 1.35 bits per heavy atom. The van der Waals surface area contributed by atoms with Crippen LogP contribution in [0.4, 0.5) is 0 Å². The van der Waals surface area contributed by atoms with Crippen LogP contribution in [0.3, 0.4) is 0 Å². The molecule has 20 heavy (non-hydrogen) atoms. The second-order valence-corrected chi connectivity index (χ2v) is 5.91. The van der Waals surface area contributed by atoms with Crippen molar-refractivity contribution in [1.82, 2.24) is 15.3 Å². The number of aromatic amines is 1. The minimum Gasteiger partial charge on any atom is -0.381 e. The lowest BCUT2D eigenvalue weighted by Crippen LogP contribution is -2.17. The Morgan fingerprint density at radius 3 is 2.85 bits per heavy atom. The van der Waals surface area contributed by atoms with Gasteiger partial charge in [0.15, 0.2) is 5.15 Å². The molecule has 4 nitrogen and oxygen atoms in total. The molecule has 0 aliphatic rings. The fraction of sp³-hybridized carbons (Fsp3) is 0.800. The van der Waals surface area contributed by atoms with Crippen molar-refractivity contribution in [2.75, 3.05) is 19.8 Å². The van der Waals surface area contributed by atoms with E-state index in [0.717, 1.165) is 57.1 Å². The molecule has 0 unspecified atom stereocenters. The van der Waals surface area contributed by atoms with Gasteiger partial charge in [-0.15, -0.1) is 0 Å². The summed E-state index contributed by atoms with van der Waals surface area (Å²) in [5.74, 6) is 1.60.